The molecule has 21 heavy (non-hydrogen) atoms. The van der Waals surface area contributed by atoms with Crippen LogP contribution in [0, 0.1) is 5.92 Å². The third-order valence-electron chi connectivity index (χ3n) is 3.64. The molecule has 0 radical (unpaired) electrons. The largest absolute Gasteiger partial charge is 0.485 e. The summed E-state index contributed by atoms with van der Waals surface area (Å²) in [6.45, 7) is 0.326. The van der Waals surface area contributed by atoms with Gasteiger partial charge in [0, 0.05) is 5.92 Å². The Kier molecular flexibility index (Phi) is 2.87. The van der Waals surface area contributed by atoms with Crippen LogP contribution in [0.1, 0.15) is 30.7 Å². The number of rotatable bonds is 4. The van der Waals surface area contributed by atoms with Gasteiger partial charge in [-0.05, 0) is 25.0 Å². The van der Waals surface area contributed by atoms with Crippen LogP contribution < -0.4 is 9.47 Å². The van der Waals surface area contributed by atoms with Crippen molar-refractivity contribution in [2.24, 2.45) is 5.92 Å². The van der Waals surface area contributed by atoms with E-state index in [1.54, 1.807) is 0 Å². The van der Waals surface area contributed by atoms with Gasteiger partial charge in [-0.3, -0.25) is 4.79 Å². The van der Waals surface area contributed by atoms with Crippen LogP contribution in [0.3, 0.4) is 0 Å². The van der Waals surface area contributed by atoms with Gasteiger partial charge in [-0.1, -0.05) is 17.3 Å². The highest BCUT2D eigenvalue weighted by Crippen LogP contribution is 2.35. The minimum atomic E-state index is -0.409. The van der Waals surface area contributed by atoms with Crippen LogP contribution >= 0.6 is 0 Å². The standard InChI is InChI=1S/C15H14N2O4/c18-10(9-5-6-9)7-14-16-15(17-21-14)13-8-19-11-3-1-2-4-12(11)20-13/h1-4,9,13H,5-8H2. The molecule has 0 amide bonds. The first-order chi connectivity index (χ1) is 10.3. The summed E-state index contributed by atoms with van der Waals surface area (Å²) in [4.78, 5) is 16.0. The van der Waals surface area contributed by atoms with Crippen LogP contribution in [-0.4, -0.2) is 22.5 Å². The average molecular weight is 286 g/mol. The van der Waals surface area contributed by atoms with Gasteiger partial charge in [0.1, 0.15) is 12.4 Å². The summed E-state index contributed by atoms with van der Waals surface area (Å²) in [6.07, 6.45) is 1.77. The maximum Gasteiger partial charge on any atom is 0.234 e. The van der Waals surface area contributed by atoms with E-state index < -0.39 is 6.10 Å². The van der Waals surface area contributed by atoms with E-state index in [1.807, 2.05) is 24.3 Å². The molecule has 0 bridgehead atoms. The third kappa shape index (κ3) is 2.49. The SMILES string of the molecule is O=C(Cc1nc(C2COc3ccccc3O2)no1)C1CC1. The summed E-state index contributed by atoms with van der Waals surface area (Å²) in [7, 11) is 0. The molecule has 2 aromatic rings. The number of nitrogens with zero attached hydrogens (tertiary/aromatic N) is 2. The average Bonchev–Trinajstić information content (AvgIpc) is 3.27. The van der Waals surface area contributed by atoms with Crippen LogP contribution in [-0.2, 0) is 11.2 Å². The minimum Gasteiger partial charge on any atom is -0.485 e. The minimum absolute atomic E-state index is 0.177. The van der Waals surface area contributed by atoms with Crippen molar-refractivity contribution < 1.29 is 18.8 Å². The van der Waals surface area contributed by atoms with E-state index in [2.05, 4.69) is 10.1 Å². The number of para-hydroxylation sites is 2. The number of aromatic nitrogens is 2. The molecule has 6 nitrogen and oxygen atoms in total. The first-order valence-electron chi connectivity index (χ1n) is 7.03. The monoisotopic (exact) mass is 286 g/mol. The molecule has 0 spiro atoms. The quantitative estimate of drug-likeness (QED) is 0.857. The zero-order valence-electron chi connectivity index (χ0n) is 11.3. The Morgan fingerprint density at radius 1 is 1.24 bits per heavy atom. The molecular formula is C15H14N2O4. The van der Waals surface area contributed by atoms with E-state index in [-0.39, 0.29) is 18.1 Å². The zero-order valence-corrected chi connectivity index (χ0v) is 11.3. The van der Waals surface area contributed by atoms with Crippen molar-refractivity contribution in [2.75, 3.05) is 6.61 Å². The Morgan fingerprint density at radius 2 is 2.05 bits per heavy atom. The second-order valence-electron chi connectivity index (χ2n) is 5.33. The van der Waals surface area contributed by atoms with E-state index >= 15 is 0 Å². The Bertz CT molecular complexity index is 678. The Balaban J connectivity index is 1.47. The summed E-state index contributed by atoms with van der Waals surface area (Å²) in [5.74, 6) is 2.51. The zero-order chi connectivity index (χ0) is 14.2. The number of carbonyl (C=O) groups excluding carboxylic acids is 1. The first kappa shape index (κ1) is 12.4. The van der Waals surface area contributed by atoms with Gasteiger partial charge in [-0.15, -0.1) is 0 Å². The van der Waals surface area contributed by atoms with Crippen LogP contribution in [0.4, 0.5) is 0 Å². The maximum atomic E-state index is 11.7. The van der Waals surface area contributed by atoms with Gasteiger partial charge in [-0.2, -0.15) is 4.98 Å². The molecule has 2 aliphatic rings. The molecule has 108 valence electrons. The fraction of sp³-hybridized carbons (Fsp3) is 0.400. The number of ketones is 1. The Hall–Kier alpha value is -2.37. The highest BCUT2D eigenvalue weighted by molar-refractivity contribution is 5.84. The number of benzene rings is 1. The molecule has 1 aliphatic carbocycles. The number of carbonyl (C=O) groups is 1. The van der Waals surface area contributed by atoms with Crippen LogP contribution in [0.5, 0.6) is 11.5 Å². The van der Waals surface area contributed by atoms with E-state index in [1.165, 1.54) is 0 Å². The summed E-state index contributed by atoms with van der Waals surface area (Å²) < 4.78 is 16.6. The molecule has 1 aromatic heterocycles. The lowest BCUT2D eigenvalue weighted by Gasteiger charge is -2.24. The van der Waals surface area contributed by atoms with Gasteiger partial charge >= 0.3 is 0 Å². The molecule has 1 unspecified atom stereocenters. The van der Waals surface area contributed by atoms with Gasteiger partial charge in [0.15, 0.2) is 17.6 Å². The van der Waals surface area contributed by atoms with Gasteiger partial charge in [0.2, 0.25) is 11.7 Å². The van der Waals surface area contributed by atoms with Crippen LogP contribution in [0.2, 0.25) is 0 Å². The van der Waals surface area contributed by atoms with Crippen LogP contribution in [0.25, 0.3) is 0 Å². The van der Waals surface area contributed by atoms with E-state index in [4.69, 9.17) is 14.0 Å². The van der Waals surface area contributed by atoms with Crippen molar-refractivity contribution in [2.45, 2.75) is 25.4 Å². The lowest BCUT2D eigenvalue weighted by molar-refractivity contribution is -0.119. The van der Waals surface area contributed by atoms with Crippen molar-refractivity contribution in [3.05, 3.63) is 36.0 Å². The maximum absolute atomic E-state index is 11.7. The predicted molar refractivity (Wildman–Crippen MR) is 71.0 cm³/mol. The van der Waals surface area contributed by atoms with Crippen molar-refractivity contribution in [1.29, 1.82) is 0 Å². The van der Waals surface area contributed by atoms with Gasteiger partial charge in [0.05, 0.1) is 6.42 Å². The third-order valence-corrected chi connectivity index (χ3v) is 3.64. The van der Waals surface area contributed by atoms with Gasteiger partial charge in [0.25, 0.3) is 0 Å². The molecule has 0 N–H and O–H groups in total. The van der Waals surface area contributed by atoms with Crippen molar-refractivity contribution >= 4 is 5.78 Å². The Labute approximate surface area is 121 Å². The molecule has 2 heterocycles. The van der Waals surface area contributed by atoms with Gasteiger partial charge < -0.3 is 14.0 Å². The molecule has 1 saturated carbocycles. The molecule has 1 atom stereocenters. The second kappa shape index (κ2) is 4.87. The molecular weight excluding hydrogens is 272 g/mol. The molecule has 6 heteroatoms. The van der Waals surface area contributed by atoms with Gasteiger partial charge in [-0.25, -0.2) is 0 Å². The van der Waals surface area contributed by atoms with E-state index in [0.717, 1.165) is 12.8 Å². The predicted octanol–water partition coefficient (Wildman–Crippen LogP) is 2.10. The number of ether oxygens (including phenoxy) is 2. The Morgan fingerprint density at radius 3 is 2.86 bits per heavy atom. The first-order valence-corrected chi connectivity index (χ1v) is 7.03. The number of hydrogen-bond acceptors (Lipinski definition) is 6. The van der Waals surface area contributed by atoms with Crippen LogP contribution in [0.15, 0.2) is 28.8 Å². The summed E-state index contributed by atoms with van der Waals surface area (Å²) in [5.41, 5.74) is 0. The smallest absolute Gasteiger partial charge is 0.234 e. The van der Waals surface area contributed by atoms with E-state index in [0.29, 0.717) is 29.8 Å². The number of Topliss-reactive ketones (excluding diaryl/α,β-unsaturated/α-hetero) is 1. The van der Waals surface area contributed by atoms with Crippen molar-refractivity contribution in [1.82, 2.24) is 10.1 Å². The highest BCUT2D eigenvalue weighted by Gasteiger charge is 2.32. The normalized spacial score (nSPS) is 20.3. The summed E-state index contributed by atoms with van der Waals surface area (Å²) in [6, 6.07) is 7.44. The molecule has 1 aromatic carbocycles. The molecule has 1 fully saturated rings. The molecule has 0 saturated heterocycles. The fourth-order valence-corrected chi connectivity index (χ4v) is 2.32. The molecule has 1 aliphatic heterocycles. The second-order valence-corrected chi connectivity index (χ2v) is 5.33. The highest BCUT2D eigenvalue weighted by atomic mass is 16.6. The lowest BCUT2D eigenvalue weighted by Crippen LogP contribution is -2.22. The summed E-state index contributed by atoms with van der Waals surface area (Å²) >= 11 is 0. The lowest BCUT2D eigenvalue weighted by atomic mass is 10.2. The summed E-state index contributed by atoms with van der Waals surface area (Å²) in [5, 5.41) is 3.90. The van der Waals surface area contributed by atoms with Crippen molar-refractivity contribution in [3.8, 4) is 11.5 Å². The topological polar surface area (TPSA) is 74.5 Å². The number of fused-ring (bicyclic) bond motifs is 1. The van der Waals surface area contributed by atoms with Crippen molar-refractivity contribution in [3.63, 3.8) is 0 Å². The van der Waals surface area contributed by atoms with E-state index in [9.17, 15) is 4.79 Å². The molecule has 4 rings (SSSR count). The number of hydrogen-bond donors (Lipinski definition) is 0. The fourth-order valence-electron chi connectivity index (χ4n) is 2.32.